The molecule has 1 fully saturated rings. The molecular formula is C23H29F3N4O5S. The molecule has 4 rings (SSSR count). The summed E-state index contributed by atoms with van der Waals surface area (Å²) in [6.07, 6.45) is -2.56. The molecule has 36 heavy (non-hydrogen) atoms. The van der Waals surface area contributed by atoms with Gasteiger partial charge in [-0.25, -0.2) is 27.5 Å². The maximum atomic E-state index is 12.7. The lowest BCUT2D eigenvalue weighted by Gasteiger charge is -2.34. The fourth-order valence-corrected chi connectivity index (χ4v) is 6.03. The second-order valence-corrected chi connectivity index (χ2v) is 11.3. The SMILES string of the molecule is CC(C)CS(=O)(=O)N1CCC2(COCc3cnc(NCc4ccccc4)nc32)C1.O=C(O)C(F)(F)F. The molecule has 2 aliphatic heterocycles. The Kier molecular flexibility index (Phi) is 8.57. The molecule has 2 aromatic rings. The van der Waals surface area contributed by atoms with Gasteiger partial charge < -0.3 is 15.2 Å². The van der Waals surface area contributed by atoms with Gasteiger partial charge in [-0.2, -0.15) is 13.2 Å². The van der Waals surface area contributed by atoms with Gasteiger partial charge in [-0.3, -0.25) is 0 Å². The third-order valence-electron chi connectivity index (χ3n) is 5.79. The molecule has 0 bridgehead atoms. The Bertz CT molecular complexity index is 1160. The van der Waals surface area contributed by atoms with E-state index in [2.05, 4.69) is 22.4 Å². The highest BCUT2D eigenvalue weighted by Crippen LogP contribution is 2.40. The molecule has 0 amide bonds. The molecule has 1 atom stereocenters. The van der Waals surface area contributed by atoms with Crippen LogP contribution in [0.3, 0.4) is 0 Å². The van der Waals surface area contributed by atoms with Gasteiger partial charge in [0.25, 0.3) is 0 Å². The van der Waals surface area contributed by atoms with Gasteiger partial charge in [0, 0.05) is 31.4 Å². The van der Waals surface area contributed by atoms with Crippen LogP contribution >= 0.6 is 0 Å². The minimum absolute atomic E-state index is 0.0996. The van der Waals surface area contributed by atoms with Crippen molar-refractivity contribution in [1.29, 1.82) is 0 Å². The lowest BCUT2D eigenvalue weighted by molar-refractivity contribution is -0.192. The smallest absolute Gasteiger partial charge is 0.475 e. The molecule has 0 aliphatic carbocycles. The lowest BCUT2D eigenvalue weighted by Crippen LogP contribution is -2.42. The van der Waals surface area contributed by atoms with Gasteiger partial charge in [0.1, 0.15) is 0 Å². The second-order valence-electron chi connectivity index (χ2n) is 9.24. The number of carboxylic acids is 1. The minimum Gasteiger partial charge on any atom is -0.475 e. The summed E-state index contributed by atoms with van der Waals surface area (Å²) in [5, 5.41) is 10.4. The fraction of sp³-hybridized carbons (Fsp3) is 0.522. The average Bonchev–Trinajstić information content (AvgIpc) is 3.23. The Morgan fingerprint density at radius 3 is 2.56 bits per heavy atom. The van der Waals surface area contributed by atoms with Gasteiger partial charge in [0.2, 0.25) is 16.0 Å². The van der Waals surface area contributed by atoms with Crippen LogP contribution < -0.4 is 5.32 Å². The molecule has 9 nitrogen and oxygen atoms in total. The molecule has 2 aliphatic rings. The summed E-state index contributed by atoms with van der Waals surface area (Å²) in [5.74, 6) is -1.92. The number of alkyl halides is 3. The van der Waals surface area contributed by atoms with Gasteiger partial charge in [-0.1, -0.05) is 44.2 Å². The highest BCUT2D eigenvalue weighted by Gasteiger charge is 2.48. The van der Waals surface area contributed by atoms with Crippen LogP contribution in [0, 0.1) is 5.92 Å². The largest absolute Gasteiger partial charge is 0.490 e. The first-order valence-corrected chi connectivity index (χ1v) is 12.9. The molecule has 13 heteroatoms. The maximum absolute atomic E-state index is 12.7. The predicted molar refractivity (Wildman–Crippen MR) is 126 cm³/mol. The molecule has 1 unspecified atom stereocenters. The molecule has 0 radical (unpaired) electrons. The molecule has 2 N–H and O–H groups in total. The van der Waals surface area contributed by atoms with E-state index in [0.29, 0.717) is 45.2 Å². The minimum atomic E-state index is -5.08. The van der Waals surface area contributed by atoms with Crippen molar-refractivity contribution in [3.63, 3.8) is 0 Å². The Morgan fingerprint density at radius 2 is 1.94 bits per heavy atom. The summed E-state index contributed by atoms with van der Waals surface area (Å²) in [6, 6.07) is 10.1. The normalized spacial score (nSPS) is 20.1. The number of nitrogens with one attached hydrogen (secondary N) is 1. The Hall–Kier alpha value is -2.77. The number of halogens is 3. The number of hydrogen-bond donors (Lipinski definition) is 2. The summed E-state index contributed by atoms with van der Waals surface area (Å²) in [6.45, 7) is 6.38. The average molecular weight is 531 g/mol. The summed E-state index contributed by atoms with van der Waals surface area (Å²) in [4.78, 5) is 18.1. The molecule has 3 heterocycles. The van der Waals surface area contributed by atoms with E-state index in [1.54, 1.807) is 4.31 Å². The second kappa shape index (κ2) is 11.1. The molecule has 1 aromatic heterocycles. The topological polar surface area (TPSA) is 122 Å². The summed E-state index contributed by atoms with van der Waals surface area (Å²) in [5.41, 5.74) is 2.63. The van der Waals surface area contributed by atoms with Crippen molar-refractivity contribution in [2.75, 3.05) is 30.8 Å². The number of aromatic nitrogens is 2. The zero-order valence-electron chi connectivity index (χ0n) is 20.0. The third-order valence-corrected chi connectivity index (χ3v) is 7.98. The molecule has 198 valence electrons. The van der Waals surface area contributed by atoms with Crippen LogP contribution in [0.1, 0.15) is 37.1 Å². The van der Waals surface area contributed by atoms with Crippen LogP contribution in [0.15, 0.2) is 36.5 Å². The van der Waals surface area contributed by atoms with Crippen LogP contribution in [0.4, 0.5) is 19.1 Å². The van der Waals surface area contributed by atoms with E-state index < -0.39 is 27.6 Å². The van der Waals surface area contributed by atoms with E-state index in [1.807, 2.05) is 38.2 Å². The molecule has 1 spiro atoms. The number of sulfonamides is 1. The lowest BCUT2D eigenvalue weighted by atomic mass is 9.81. The number of nitrogens with zero attached hydrogens (tertiary/aromatic N) is 3. The van der Waals surface area contributed by atoms with Crippen LogP contribution in [0.2, 0.25) is 0 Å². The number of carbonyl (C=O) groups is 1. The zero-order chi connectivity index (χ0) is 26.6. The number of aliphatic carboxylic acids is 1. The van der Waals surface area contributed by atoms with Crippen LogP contribution in [0.25, 0.3) is 0 Å². The van der Waals surface area contributed by atoms with E-state index in [4.69, 9.17) is 19.6 Å². The number of benzene rings is 1. The first kappa shape index (κ1) is 27.8. The number of rotatable bonds is 6. The number of hydrogen-bond acceptors (Lipinski definition) is 7. The van der Waals surface area contributed by atoms with Gasteiger partial charge >= 0.3 is 12.1 Å². The Labute approximate surface area is 207 Å². The van der Waals surface area contributed by atoms with E-state index in [1.165, 1.54) is 0 Å². The number of anilines is 1. The van der Waals surface area contributed by atoms with Gasteiger partial charge in [0.05, 0.1) is 30.1 Å². The molecular weight excluding hydrogens is 501 g/mol. The molecule has 1 aromatic carbocycles. The van der Waals surface area contributed by atoms with Crippen LogP contribution in [0.5, 0.6) is 0 Å². The van der Waals surface area contributed by atoms with E-state index in [-0.39, 0.29) is 11.7 Å². The fourth-order valence-electron chi connectivity index (χ4n) is 4.17. The monoisotopic (exact) mass is 530 g/mol. The van der Waals surface area contributed by atoms with Crippen molar-refractivity contribution < 1.29 is 36.2 Å². The Morgan fingerprint density at radius 1 is 1.28 bits per heavy atom. The standard InChI is InChI=1S/C21H28N4O3S.C2HF3O2/c1-16(2)13-29(26,27)25-9-8-21(14-25)15-28-12-18-11-23-20(24-19(18)21)22-10-17-6-4-3-5-7-17;3-2(4,5)1(6)7/h3-7,11,16H,8-10,12-15H2,1-2H3,(H,22,23,24);(H,6,7). The number of fused-ring (bicyclic) bond motifs is 2. The summed E-state index contributed by atoms with van der Waals surface area (Å²) >= 11 is 0. The zero-order valence-corrected chi connectivity index (χ0v) is 20.8. The summed E-state index contributed by atoms with van der Waals surface area (Å²) < 4.78 is 64.7. The van der Waals surface area contributed by atoms with Crippen LogP contribution in [-0.4, -0.2) is 65.4 Å². The van der Waals surface area contributed by atoms with E-state index in [0.717, 1.165) is 16.8 Å². The third kappa shape index (κ3) is 6.92. The van der Waals surface area contributed by atoms with Crippen molar-refractivity contribution in [3.8, 4) is 0 Å². The number of carboxylic acid groups (broad SMARTS) is 1. The maximum Gasteiger partial charge on any atom is 0.490 e. The highest BCUT2D eigenvalue weighted by atomic mass is 32.2. The molecule has 0 saturated carbocycles. The first-order chi connectivity index (χ1) is 16.8. The Balaban J connectivity index is 0.000000454. The first-order valence-electron chi connectivity index (χ1n) is 11.3. The van der Waals surface area contributed by atoms with Crippen molar-refractivity contribution in [2.24, 2.45) is 5.92 Å². The van der Waals surface area contributed by atoms with Gasteiger partial charge in [-0.15, -0.1) is 0 Å². The predicted octanol–water partition coefficient (Wildman–Crippen LogP) is 3.18. The van der Waals surface area contributed by atoms with E-state index >= 15 is 0 Å². The highest BCUT2D eigenvalue weighted by molar-refractivity contribution is 7.89. The van der Waals surface area contributed by atoms with Gasteiger partial charge in [0.15, 0.2) is 0 Å². The van der Waals surface area contributed by atoms with Crippen molar-refractivity contribution in [3.05, 3.63) is 53.3 Å². The van der Waals surface area contributed by atoms with Crippen LogP contribution in [-0.2, 0) is 38.1 Å². The van der Waals surface area contributed by atoms with Crippen molar-refractivity contribution in [1.82, 2.24) is 14.3 Å². The molecule has 1 saturated heterocycles. The van der Waals surface area contributed by atoms with Crippen molar-refractivity contribution >= 4 is 21.9 Å². The number of ether oxygens (including phenoxy) is 1. The quantitative estimate of drug-likeness (QED) is 0.584. The van der Waals surface area contributed by atoms with Crippen molar-refractivity contribution in [2.45, 2.75) is 45.0 Å². The van der Waals surface area contributed by atoms with Gasteiger partial charge in [-0.05, 0) is 17.9 Å². The van der Waals surface area contributed by atoms with E-state index in [9.17, 15) is 21.6 Å². The summed E-state index contributed by atoms with van der Waals surface area (Å²) in [7, 11) is -3.27.